The van der Waals surface area contributed by atoms with Gasteiger partial charge < -0.3 is 10.4 Å². The molecule has 0 spiro atoms. The van der Waals surface area contributed by atoms with Gasteiger partial charge in [0.1, 0.15) is 0 Å². The monoisotopic (exact) mass is 223 g/mol. The van der Waals surface area contributed by atoms with Gasteiger partial charge in [0.05, 0.1) is 12.0 Å². The maximum Gasteiger partial charge on any atom is 0.232 e. The fourth-order valence-electron chi connectivity index (χ4n) is 1.99. The molecule has 1 fully saturated rings. The molecule has 0 heterocycles. The van der Waals surface area contributed by atoms with Crippen molar-refractivity contribution in [3.63, 3.8) is 0 Å². The highest BCUT2D eigenvalue weighted by Crippen LogP contribution is 2.39. The Balaban J connectivity index is 2.37. The molecule has 90 valence electrons. The van der Waals surface area contributed by atoms with Crippen LogP contribution < -0.4 is 5.32 Å². The van der Waals surface area contributed by atoms with E-state index in [0.29, 0.717) is 12.0 Å². The zero-order valence-corrected chi connectivity index (χ0v) is 10.2. The average Bonchev–Trinajstić information content (AvgIpc) is 2.21. The number of nitrogens with one attached hydrogen (secondary N) is 1. The Morgan fingerprint density at radius 3 is 2.44 bits per heavy atom. The van der Waals surface area contributed by atoms with Gasteiger partial charge in [-0.05, 0) is 31.1 Å². The third-order valence-electron chi connectivity index (χ3n) is 3.41. The first kappa shape index (κ1) is 13.1. The molecular formula is C13H21NO2. The molecule has 2 N–H and O–H groups in total. The second-order valence-electron chi connectivity index (χ2n) is 5.55. The van der Waals surface area contributed by atoms with Crippen molar-refractivity contribution in [1.29, 1.82) is 0 Å². The number of amides is 1. The Hall–Kier alpha value is -1.01. The SMILES string of the molecule is C#CCC(=O)NCC1(O)CCC(C)(C)CC1. The minimum atomic E-state index is -0.736. The van der Waals surface area contributed by atoms with Crippen LogP contribution in [0.3, 0.4) is 0 Å². The van der Waals surface area contributed by atoms with Gasteiger partial charge in [0.15, 0.2) is 0 Å². The molecule has 1 amide bonds. The maximum absolute atomic E-state index is 11.2. The molecule has 3 nitrogen and oxygen atoms in total. The van der Waals surface area contributed by atoms with E-state index >= 15 is 0 Å². The average molecular weight is 223 g/mol. The fourth-order valence-corrected chi connectivity index (χ4v) is 1.99. The summed E-state index contributed by atoms with van der Waals surface area (Å²) in [6.07, 6.45) is 8.60. The molecular weight excluding hydrogens is 202 g/mol. The predicted molar refractivity (Wildman–Crippen MR) is 63.7 cm³/mol. The largest absolute Gasteiger partial charge is 0.388 e. The van der Waals surface area contributed by atoms with E-state index in [0.717, 1.165) is 25.7 Å². The minimum Gasteiger partial charge on any atom is -0.388 e. The van der Waals surface area contributed by atoms with Gasteiger partial charge in [-0.2, -0.15) is 0 Å². The summed E-state index contributed by atoms with van der Waals surface area (Å²) < 4.78 is 0. The van der Waals surface area contributed by atoms with Crippen LogP contribution >= 0.6 is 0 Å². The summed E-state index contributed by atoms with van der Waals surface area (Å²) in [6, 6.07) is 0. The Labute approximate surface area is 97.6 Å². The van der Waals surface area contributed by atoms with Gasteiger partial charge in [0.25, 0.3) is 0 Å². The maximum atomic E-state index is 11.2. The molecule has 0 aromatic carbocycles. The van der Waals surface area contributed by atoms with Gasteiger partial charge >= 0.3 is 0 Å². The zero-order valence-electron chi connectivity index (χ0n) is 10.2. The number of terminal acetylenes is 1. The van der Waals surface area contributed by atoms with Crippen molar-refractivity contribution in [2.45, 2.75) is 51.6 Å². The molecule has 0 aromatic heterocycles. The highest BCUT2D eigenvalue weighted by Gasteiger charge is 2.36. The van der Waals surface area contributed by atoms with E-state index in [9.17, 15) is 9.90 Å². The zero-order chi connectivity index (χ0) is 12.2. The summed E-state index contributed by atoms with van der Waals surface area (Å²) in [5.41, 5.74) is -0.422. The van der Waals surface area contributed by atoms with Crippen LogP contribution in [-0.2, 0) is 4.79 Å². The van der Waals surface area contributed by atoms with Crippen molar-refractivity contribution in [1.82, 2.24) is 5.32 Å². The molecule has 1 aliphatic rings. The molecule has 0 saturated heterocycles. The molecule has 0 unspecified atom stereocenters. The van der Waals surface area contributed by atoms with Crippen LogP contribution in [0.2, 0.25) is 0 Å². The van der Waals surface area contributed by atoms with Crippen molar-refractivity contribution in [3.8, 4) is 12.3 Å². The lowest BCUT2D eigenvalue weighted by Gasteiger charge is -2.40. The summed E-state index contributed by atoms with van der Waals surface area (Å²) in [5, 5.41) is 12.9. The topological polar surface area (TPSA) is 49.3 Å². The molecule has 3 heteroatoms. The molecule has 0 bridgehead atoms. The first-order valence-electron chi connectivity index (χ1n) is 5.79. The molecule has 1 saturated carbocycles. The van der Waals surface area contributed by atoms with Gasteiger partial charge in [0, 0.05) is 6.54 Å². The predicted octanol–water partition coefficient (Wildman–Crippen LogP) is 1.46. The van der Waals surface area contributed by atoms with Gasteiger partial charge in [-0.3, -0.25) is 4.79 Å². The van der Waals surface area contributed by atoms with E-state index in [-0.39, 0.29) is 12.3 Å². The summed E-state index contributed by atoms with van der Waals surface area (Å²) in [5.74, 6) is 2.11. The molecule has 1 rings (SSSR count). The van der Waals surface area contributed by atoms with E-state index in [1.54, 1.807) is 0 Å². The number of aliphatic hydroxyl groups is 1. The minimum absolute atomic E-state index is 0.0849. The smallest absolute Gasteiger partial charge is 0.232 e. The lowest BCUT2D eigenvalue weighted by molar-refractivity contribution is -0.122. The Morgan fingerprint density at radius 1 is 1.38 bits per heavy atom. The van der Waals surface area contributed by atoms with Gasteiger partial charge in [-0.25, -0.2) is 0 Å². The molecule has 0 radical (unpaired) electrons. The number of hydrogen-bond donors (Lipinski definition) is 2. The summed E-state index contributed by atoms with van der Waals surface area (Å²) >= 11 is 0. The Morgan fingerprint density at radius 2 is 1.94 bits per heavy atom. The molecule has 0 aromatic rings. The number of carbonyl (C=O) groups is 1. The van der Waals surface area contributed by atoms with Crippen LogP contribution in [0.4, 0.5) is 0 Å². The third kappa shape index (κ3) is 3.86. The van der Waals surface area contributed by atoms with E-state index in [1.165, 1.54) is 0 Å². The highest BCUT2D eigenvalue weighted by atomic mass is 16.3. The lowest BCUT2D eigenvalue weighted by atomic mass is 9.71. The first-order chi connectivity index (χ1) is 7.37. The van der Waals surface area contributed by atoms with Gasteiger partial charge in [-0.1, -0.05) is 19.8 Å². The second-order valence-corrected chi connectivity index (χ2v) is 5.55. The summed E-state index contributed by atoms with van der Waals surface area (Å²) in [7, 11) is 0. The van der Waals surface area contributed by atoms with E-state index in [4.69, 9.17) is 6.42 Å². The quantitative estimate of drug-likeness (QED) is 0.712. The van der Waals surface area contributed by atoms with Crippen LogP contribution in [0.1, 0.15) is 46.0 Å². The standard InChI is InChI=1S/C13H21NO2/c1-4-5-11(15)14-10-13(16)8-6-12(2,3)7-9-13/h1,16H,5-10H2,2-3H3,(H,14,15). The molecule has 0 aliphatic heterocycles. The van der Waals surface area contributed by atoms with Crippen molar-refractivity contribution in [2.75, 3.05) is 6.54 Å². The summed E-state index contributed by atoms with van der Waals surface area (Å²) in [4.78, 5) is 11.2. The first-order valence-corrected chi connectivity index (χ1v) is 5.79. The van der Waals surface area contributed by atoms with Gasteiger partial charge in [-0.15, -0.1) is 6.42 Å². The molecule has 0 atom stereocenters. The lowest BCUT2D eigenvalue weighted by Crippen LogP contribution is -2.46. The number of carbonyl (C=O) groups excluding carboxylic acids is 1. The van der Waals surface area contributed by atoms with E-state index in [2.05, 4.69) is 25.1 Å². The Kier molecular flexibility index (Phi) is 3.98. The highest BCUT2D eigenvalue weighted by molar-refractivity contribution is 5.78. The van der Waals surface area contributed by atoms with Crippen LogP contribution in [0, 0.1) is 17.8 Å². The number of rotatable bonds is 3. The van der Waals surface area contributed by atoms with Crippen LogP contribution in [0.15, 0.2) is 0 Å². The van der Waals surface area contributed by atoms with Crippen molar-refractivity contribution >= 4 is 5.91 Å². The van der Waals surface area contributed by atoms with E-state index in [1.807, 2.05) is 0 Å². The number of hydrogen-bond acceptors (Lipinski definition) is 2. The van der Waals surface area contributed by atoms with Crippen molar-refractivity contribution in [2.24, 2.45) is 5.41 Å². The van der Waals surface area contributed by atoms with E-state index < -0.39 is 5.60 Å². The second kappa shape index (κ2) is 4.88. The van der Waals surface area contributed by atoms with Crippen LogP contribution in [0.25, 0.3) is 0 Å². The summed E-state index contributed by atoms with van der Waals surface area (Å²) in [6.45, 7) is 4.75. The van der Waals surface area contributed by atoms with Crippen LogP contribution in [-0.4, -0.2) is 23.2 Å². The van der Waals surface area contributed by atoms with Crippen LogP contribution in [0.5, 0.6) is 0 Å². The van der Waals surface area contributed by atoms with Crippen molar-refractivity contribution < 1.29 is 9.90 Å². The van der Waals surface area contributed by atoms with Crippen molar-refractivity contribution in [3.05, 3.63) is 0 Å². The third-order valence-corrected chi connectivity index (χ3v) is 3.41. The Bertz CT molecular complexity index is 292. The fraction of sp³-hybridized carbons (Fsp3) is 0.769. The molecule has 1 aliphatic carbocycles. The normalized spacial score (nSPS) is 22.1. The molecule has 16 heavy (non-hydrogen) atoms. The van der Waals surface area contributed by atoms with Gasteiger partial charge in [0.2, 0.25) is 5.91 Å².